The number of nitrogens with two attached hydrogens (primary N) is 1. The highest BCUT2D eigenvalue weighted by atomic mass is 32.1. The molecule has 1 aromatic carbocycles. The van der Waals surface area contributed by atoms with E-state index in [1.807, 2.05) is 67.9 Å². The molecule has 2 aromatic rings. The van der Waals surface area contributed by atoms with Gasteiger partial charge < -0.3 is 10.5 Å². The molecule has 138 valence electrons. The Hall–Kier alpha value is -2.18. The predicted octanol–water partition coefficient (Wildman–Crippen LogP) is 3.91. The van der Waals surface area contributed by atoms with Gasteiger partial charge in [0.05, 0.1) is 0 Å². The van der Waals surface area contributed by atoms with Gasteiger partial charge in [-0.3, -0.25) is 4.79 Å². The van der Waals surface area contributed by atoms with Crippen molar-refractivity contribution in [3.63, 3.8) is 0 Å². The summed E-state index contributed by atoms with van der Waals surface area (Å²) in [5.74, 6) is 0.397. The Kier molecular flexibility index (Phi) is 5.16. The van der Waals surface area contributed by atoms with Gasteiger partial charge in [-0.05, 0) is 24.4 Å². The van der Waals surface area contributed by atoms with Crippen LogP contribution in [0.15, 0.2) is 52.3 Å². The number of ether oxygens (including phenoxy) is 1. The molecule has 0 bridgehead atoms. The minimum atomic E-state index is -0.970. The van der Waals surface area contributed by atoms with E-state index < -0.39 is 11.1 Å². The lowest BCUT2D eigenvalue weighted by atomic mass is 9.91. The molecule has 1 unspecified atom stereocenters. The molecular weight excluding hydrogens is 346 g/mol. The molecule has 1 aromatic heterocycles. The van der Waals surface area contributed by atoms with Gasteiger partial charge in [0.2, 0.25) is 11.6 Å². The summed E-state index contributed by atoms with van der Waals surface area (Å²) >= 11 is 1.57. The molecule has 3 rings (SSSR count). The summed E-state index contributed by atoms with van der Waals surface area (Å²) in [6, 6.07) is 11.8. The molecule has 0 fully saturated rings. The van der Waals surface area contributed by atoms with Crippen LogP contribution in [0.2, 0.25) is 0 Å². The van der Waals surface area contributed by atoms with Gasteiger partial charge in [-0.25, -0.2) is 0 Å². The van der Waals surface area contributed by atoms with Crippen molar-refractivity contribution >= 4 is 23.1 Å². The van der Waals surface area contributed by atoms with Gasteiger partial charge in [-0.15, -0.1) is 5.10 Å². The van der Waals surface area contributed by atoms with Gasteiger partial charge in [0.1, 0.15) is 0 Å². The summed E-state index contributed by atoms with van der Waals surface area (Å²) < 4.78 is 6.42. The molecule has 0 radical (unpaired) electrons. The zero-order valence-corrected chi connectivity index (χ0v) is 16.3. The van der Waals surface area contributed by atoms with Crippen molar-refractivity contribution in [3.05, 3.63) is 58.3 Å². The first-order chi connectivity index (χ1) is 12.4. The molecule has 26 heavy (non-hydrogen) atoms. The Balaban J connectivity index is 2.12. The Morgan fingerprint density at radius 3 is 2.58 bits per heavy atom. The SMILES string of the molecule is CC(C)(C)C(=O)N1N=C(c2ccsc2)OC1(CCCN)c1ccccc1. The van der Waals surface area contributed by atoms with Crippen LogP contribution in [0.5, 0.6) is 0 Å². The first-order valence-corrected chi connectivity index (χ1v) is 9.73. The van der Waals surface area contributed by atoms with Crippen LogP contribution in [-0.4, -0.2) is 23.4 Å². The third-order valence-corrected chi connectivity index (χ3v) is 5.03. The maximum Gasteiger partial charge on any atom is 0.251 e. The van der Waals surface area contributed by atoms with E-state index >= 15 is 0 Å². The quantitative estimate of drug-likeness (QED) is 0.866. The average molecular weight is 372 g/mol. The van der Waals surface area contributed by atoms with Crippen molar-refractivity contribution in [2.45, 2.75) is 39.3 Å². The number of hydrazone groups is 1. The fourth-order valence-corrected chi connectivity index (χ4v) is 3.58. The van der Waals surface area contributed by atoms with Crippen LogP contribution in [0.4, 0.5) is 0 Å². The zero-order chi connectivity index (χ0) is 18.8. The smallest absolute Gasteiger partial charge is 0.251 e. The van der Waals surface area contributed by atoms with E-state index in [1.165, 1.54) is 5.01 Å². The highest BCUT2D eigenvalue weighted by molar-refractivity contribution is 7.08. The van der Waals surface area contributed by atoms with E-state index in [2.05, 4.69) is 5.10 Å². The summed E-state index contributed by atoms with van der Waals surface area (Å²) in [5.41, 5.74) is 6.02. The number of amides is 1. The minimum absolute atomic E-state index is 0.0800. The molecule has 0 aliphatic carbocycles. The third kappa shape index (κ3) is 3.39. The number of hydrogen-bond acceptors (Lipinski definition) is 5. The zero-order valence-electron chi connectivity index (χ0n) is 15.4. The van der Waals surface area contributed by atoms with Crippen LogP contribution < -0.4 is 5.73 Å². The number of carbonyl (C=O) groups excluding carboxylic acids is 1. The van der Waals surface area contributed by atoms with Gasteiger partial charge in [-0.2, -0.15) is 16.3 Å². The van der Waals surface area contributed by atoms with Gasteiger partial charge in [0.25, 0.3) is 5.91 Å². The monoisotopic (exact) mass is 371 g/mol. The van der Waals surface area contributed by atoms with E-state index in [0.29, 0.717) is 18.9 Å². The summed E-state index contributed by atoms with van der Waals surface area (Å²) in [7, 11) is 0. The van der Waals surface area contributed by atoms with Crippen molar-refractivity contribution in [2.24, 2.45) is 16.3 Å². The molecule has 1 aliphatic rings. The standard InChI is InChI=1S/C20H25N3O2S/c1-19(2,3)18(24)23-20(11-7-12-21,16-8-5-4-6-9-16)25-17(22-23)15-10-13-26-14-15/h4-6,8-10,13-14H,7,11-12,21H2,1-3H3. The number of hydrogen-bond donors (Lipinski definition) is 1. The second kappa shape index (κ2) is 7.21. The molecule has 0 saturated heterocycles. The summed E-state index contributed by atoms with van der Waals surface area (Å²) in [5, 5.41) is 10.1. The van der Waals surface area contributed by atoms with E-state index in [1.54, 1.807) is 11.3 Å². The fraction of sp³-hybridized carbons (Fsp3) is 0.400. The Bertz CT molecular complexity index is 781. The number of benzene rings is 1. The molecule has 5 nitrogen and oxygen atoms in total. The lowest BCUT2D eigenvalue weighted by molar-refractivity contribution is -0.161. The highest BCUT2D eigenvalue weighted by Crippen LogP contribution is 2.42. The van der Waals surface area contributed by atoms with Crippen LogP contribution in [0.25, 0.3) is 0 Å². The molecule has 0 saturated carbocycles. The number of thiophene rings is 1. The number of nitrogens with zero attached hydrogens (tertiary/aromatic N) is 2. The normalized spacial score (nSPS) is 20.0. The third-order valence-electron chi connectivity index (χ3n) is 4.35. The van der Waals surface area contributed by atoms with Crippen molar-refractivity contribution in [1.29, 1.82) is 0 Å². The summed E-state index contributed by atoms with van der Waals surface area (Å²) in [6.45, 7) is 6.20. The molecular formula is C20H25N3O2S. The molecule has 1 amide bonds. The van der Waals surface area contributed by atoms with Crippen LogP contribution in [0, 0.1) is 5.41 Å². The van der Waals surface area contributed by atoms with Crippen LogP contribution in [0.1, 0.15) is 44.7 Å². The van der Waals surface area contributed by atoms with Gasteiger partial charge in [-0.1, -0.05) is 51.1 Å². The second-order valence-corrected chi connectivity index (χ2v) is 8.21. The largest absolute Gasteiger partial charge is 0.443 e. The number of carbonyl (C=O) groups is 1. The minimum Gasteiger partial charge on any atom is -0.443 e. The Morgan fingerprint density at radius 1 is 1.27 bits per heavy atom. The molecule has 6 heteroatoms. The Morgan fingerprint density at radius 2 is 2.00 bits per heavy atom. The van der Waals surface area contributed by atoms with Crippen molar-refractivity contribution in [3.8, 4) is 0 Å². The first kappa shape index (κ1) is 18.6. The molecule has 2 heterocycles. The Labute approximate surface area is 158 Å². The lowest BCUT2D eigenvalue weighted by Crippen LogP contribution is -2.49. The maximum absolute atomic E-state index is 13.2. The van der Waals surface area contributed by atoms with E-state index in [4.69, 9.17) is 10.5 Å². The fourth-order valence-electron chi connectivity index (χ4n) is 2.95. The maximum atomic E-state index is 13.2. The van der Waals surface area contributed by atoms with Crippen LogP contribution in [-0.2, 0) is 15.3 Å². The second-order valence-electron chi connectivity index (χ2n) is 7.43. The molecule has 2 N–H and O–H groups in total. The van der Waals surface area contributed by atoms with Gasteiger partial charge in [0.15, 0.2) is 0 Å². The van der Waals surface area contributed by atoms with Crippen molar-refractivity contribution in [2.75, 3.05) is 6.54 Å². The highest BCUT2D eigenvalue weighted by Gasteiger charge is 2.51. The summed E-state index contributed by atoms with van der Waals surface area (Å²) in [6.07, 6.45) is 1.29. The van der Waals surface area contributed by atoms with Crippen molar-refractivity contribution in [1.82, 2.24) is 5.01 Å². The molecule has 1 aliphatic heterocycles. The topological polar surface area (TPSA) is 67.9 Å². The molecule has 1 atom stereocenters. The average Bonchev–Trinajstić information content (AvgIpc) is 3.27. The number of rotatable bonds is 5. The van der Waals surface area contributed by atoms with E-state index in [0.717, 1.165) is 17.5 Å². The van der Waals surface area contributed by atoms with Gasteiger partial charge >= 0.3 is 0 Å². The summed E-state index contributed by atoms with van der Waals surface area (Å²) in [4.78, 5) is 13.2. The van der Waals surface area contributed by atoms with E-state index in [9.17, 15) is 4.79 Å². The van der Waals surface area contributed by atoms with Crippen LogP contribution in [0.3, 0.4) is 0 Å². The van der Waals surface area contributed by atoms with Gasteiger partial charge in [0, 0.05) is 28.3 Å². The lowest BCUT2D eigenvalue weighted by Gasteiger charge is -2.38. The predicted molar refractivity (Wildman–Crippen MR) is 105 cm³/mol. The van der Waals surface area contributed by atoms with E-state index in [-0.39, 0.29) is 5.91 Å². The van der Waals surface area contributed by atoms with Crippen LogP contribution >= 0.6 is 11.3 Å². The first-order valence-electron chi connectivity index (χ1n) is 8.79. The molecule has 0 spiro atoms. The van der Waals surface area contributed by atoms with Crippen molar-refractivity contribution < 1.29 is 9.53 Å².